The molecule has 8 nitrogen and oxygen atoms in total. The van der Waals surface area contributed by atoms with Crippen molar-refractivity contribution in [2.75, 3.05) is 11.9 Å². The van der Waals surface area contributed by atoms with Crippen molar-refractivity contribution in [3.05, 3.63) is 52.4 Å². The second kappa shape index (κ2) is 7.08. The quantitative estimate of drug-likeness (QED) is 0.730. The van der Waals surface area contributed by atoms with Gasteiger partial charge in [0.15, 0.2) is 0 Å². The summed E-state index contributed by atoms with van der Waals surface area (Å²) in [6.45, 7) is 5.24. The van der Waals surface area contributed by atoms with Crippen molar-refractivity contribution in [2.24, 2.45) is 0 Å². The van der Waals surface area contributed by atoms with Crippen molar-refractivity contribution >= 4 is 40.2 Å². The van der Waals surface area contributed by atoms with Crippen molar-refractivity contribution in [2.45, 2.75) is 26.4 Å². The van der Waals surface area contributed by atoms with E-state index < -0.39 is 29.5 Å². The highest BCUT2D eigenvalue weighted by atomic mass is 32.1. The van der Waals surface area contributed by atoms with Crippen molar-refractivity contribution < 1.29 is 28.8 Å². The number of hydroxylamine groups is 2. The lowest BCUT2D eigenvalue weighted by molar-refractivity contribution is -0.0581. The van der Waals surface area contributed by atoms with Gasteiger partial charge in [-0.3, -0.25) is 14.5 Å². The summed E-state index contributed by atoms with van der Waals surface area (Å²) < 4.78 is 5.28. The molecule has 0 fully saturated rings. The third kappa shape index (κ3) is 3.74. The van der Waals surface area contributed by atoms with E-state index in [1.165, 1.54) is 30.1 Å². The molecule has 0 bridgehead atoms. The summed E-state index contributed by atoms with van der Waals surface area (Å²) in [5, 5.41) is 0.896. The molecule has 146 valence electrons. The van der Waals surface area contributed by atoms with Gasteiger partial charge in [0.05, 0.1) is 11.1 Å². The van der Waals surface area contributed by atoms with Crippen molar-refractivity contribution in [1.29, 1.82) is 0 Å². The molecule has 1 aromatic carbocycles. The summed E-state index contributed by atoms with van der Waals surface area (Å²) in [5.74, 6) is -2.27. The fourth-order valence-corrected chi connectivity index (χ4v) is 3.25. The number of rotatable bonds is 3. The van der Waals surface area contributed by atoms with E-state index in [1.807, 2.05) is 0 Å². The van der Waals surface area contributed by atoms with Gasteiger partial charge < -0.3 is 9.57 Å². The molecule has 3 rings (SSSR count). The van der Waals surface area contributed by atoms with Gasteiger partial charge in [-0.15, -0.1) is 11.3 Å². The molecule has 0 N–H and O–H groups in total. The summed E-state index contributed by atoms with van der Waals surface area (Å²) >= 11 is 0.974. The fourth-order valence-electron chi connectivity index (χ4n) is 2.42. The molecule has 0 radical (unpaired) electrons. The number of ether oxygens (including phenoxy) is 1. The largest absolute Gasteiger partial charge is 0.443 e. The number of nitrogens with zero attached hydrogens (tertiary/aromatic N) is 2. The zero-order valence-corrected chi connectivity index (χ0v) is 16.5. The number of amides is 3. The Bertz CT molecular complexity index is 940. The molecule has 2 aromatic rings. The molecular weight excluding hydrogens is 384 g/mol. The molecule has 0 saturated heterocycles. The number of hydrogen-bond donors (Lipinski definition) is 0. The summed E-state index contributed by atoms with van der Waals surface area (Å²) in [7, 11) is 1.51. The van der Waals surface area contributed by atoms with Crippen LogP contribution in [-0.4, -0.2) is 41.6 Å². The first kappa shape index (κ1) is 19.6. The third-order valence-electron chi connectivity index (χ3n) is 3.72. The summed E-state index contributed by atoms with van der Waals surface area (Å²) in [5.41, 5.74) is -0.302. The first-order chi connectivity index (χ1) is 13.1. The summed E-state index contributed by atoms with van der Waals surface area (Å²) in [4.78, 5) is 55.4. The fraction of sp³-hybridized carbons (Fsp3) is 0.263. The van der Waals surface area contributed by atoms with Crippen LogP contribution in [0.1, 0.15) is 51.2 Å². The topological polar surface area (TPSA) is 93.2 Å². The van der Waals surface area contributed by atoms with E-state index in [9.17, 15) is 19.2 Å². The SMILES string of the molecule is CN(C(=O)OC(C)(C)C)c1ccc(C(=O)ON2C(=O)c3ccccc3C2=O)s1. The van der Waals surface area contributed by atoms with Gasteiger partial charge in [-0.25, -0.2) is 9.59 Å². The Labute approximate surface area is 165 Å². The van der Waals surface area contributed by atoms with E-state index in [0.29, 0.717) is 10.1 Å². The van der Waals surface area contributed by atoms with Crippen molar-refractivity contribution in [1.82, 2.24) is 5.06 Å². The standard InChI is InChI=1S/C19H18N2O6S/c1-19(2,3)26-18(25)20(4)14-10-9-13(28-14)17(24)27-21-15(22)11-7-5-6-8-12(11)16(21)23/h5-10H,1-4H3. The van der Waals surface area contributed by atoms with Gasteiger partial charge in [0, 0.05) is 7.05 Å². The average Bonchev–Trinajstić information content (AvgIpc) is 3.20. The van der Waals surface area contributed by atoms with Crippen LogP contribution in [0.15, 0.2) is 36.4 Å². The number of hydrogen-bond acceptors (Lipinski definition) is 7. The molecule has 3 amide bonds. The molecule has 1 aliphatic rings. The van der Waals surface area contributed by atoms with Gasteiger partial charge in [0.2, 0.25) is 0 Å². The van der Waals surface area contributed by atoms with Crippen LogP contribution in [0.4, 0.5) is 9.80 Å². The molecule has 0 spiro atoms. The minimum absolute atomic E-state index is 0.127. The molecule has 2 heterocycles. The molecule has 1 aromatic heterocycles. The molecule has 0 aliphatic carbocycles. The highest BCUT2D eigenvalue weighted by Crippen LogP contribution is 2.29. The summed E-state index contributed by atoms with van der Waals surface area (Å²) in [6, 6.07) is 9.21. The van der Waals surface area contributed by atoms with Crippen molar-refractivity contribution in [3.63, 3.8) is 0 Å². The lowest BCUT2D eigenvalue weighted by Crippen LogP contribution is -2.33. The van der Waals surface area contributed by atoms with Crippen LogP contribution in [0.5, 0.6) is 0 Å². The van der Waals surface area contributed by atoms with E-state index in [4.69, 9.17) is 9.57 Å². The highest BCUT2D eigenvalue weighted by molar-refractivity contribution is 7.18. The Balaban J connectivity index is 1.71. The Hall–Kier alpha value is -3.20. The van der Waals surface area contributed by atoms with Crippen LogP contribution < -0.4 is 4.90 Å². The number of imide groups is 1. The molecule has 9 heteroatoms. The van der Waals surface area contributed by atoms with Crippen LogP contribution in [0.2, 0.25) is 0 Å². The molecule has 1 aliphatic heterocycles. The lowest BCUT2D eigenvalue weighted by Gasteiger charge is -2.23. The minimum atomic E-state index is -0.872. The van der Waals surface area contributed by atoms with Gasteiger partial charge in [-0.2, -0.15) is 0 Å². The monoisotopic (exact) mass is 402 g/mol. The Morgan fingerprint density at radius 1 is 1.00 bits per heavy atom. The Kier molecular flexibility index (Phi) is 4.95. The van der Waals surface area contributed by atoms with Crippen LogP contribution in [-0.2, 0) is 9.57 Å². The predicted octanol–water partition coefficient (Wildman–Crippen LogP) is 3.49. The molecule has 28 heavy (non-hydrogen) atoms. The van der Waals surface area contributed by atoms with Gasteiger partial charge in [0.25, 0.3) is 11.8 Å². The predicted molar refractivity (Wildman–Crippen MR) is 101 cm³/mol. The molecule has 0 unspecified atom stereocenters. The zero-order chi connectivity index (χ0) is 20.6. The van der Waals surface area contributed by atoms with E-state index in [1.54, 1.807) is 39.0 Å². The second-order valence-electron chi connectivity index (χ2n) is 7.01. The average molecular weight is 402 g/mol. The first-order valence-corrected chi connectivity index (χ1v) is 9.17. The van der Waals surface area contributed by atoms with Gasteiger partial charge in [-0.1, -0.05) is 17.2 Å². The number of benzene rings is 1. The summed E-state index contributed by atoms with van der Waals surface area (Å²) in [6.07, 6.45) is -0.574. The highest BCUT2D eigenvalue weighted by Gasteiger charge is 2.39. The Morgan fingerprint density at radius 2 is 1.57 bits per heavy atom. The molecule has 0 atom stereocenters. The number of carbonyl (C=O) groups excluding carboxylic acids is 4. The van der Waals surface area contributed by atoms with Crippen molar-refractivity contribution in [3.8, 4) is 0 Å². The number of carbonyl (C=O) groups is 4. The maximum absolute atomic E-state index is 12.4. The smallest absolute Gasteiger partial charge is 0.415 e. The number of fused-ring (bicyclic) bond motifs is 1. The van der Waals surface area contributed by atoms with Gasteiger partial charge in [0.1, 0.15) is 15.5 Å². The van der Waals surface area contributed by atoms with Crippen LogP contribution in [0.25, 0.3) is 0 Å². The third-order valence-corrected chi connectivity index (χ3v) is 4.86. The lowest BCUT2D eigenvalue weighted by atomic mass is 10.1. The van der Waals surface area contributed by atoms with Crippen LogP contribution in [0, 0.1) is 0 Å². The normalized spacial score (nSPS) is 13.4. The van der Waals surface area contributed by atoms with E-state index in [0.717, 1.165) is 11.3 Å². The number of anilines is 1. The van der Waals surface area contributed by atoms with Gasteiger partial charge in [-0.05, 0) is 45.0 Å². The van der Waals surface area contributed by atoms with E-state index >= 15 is 0 Å². The maximum atomic E-state index is 12.4. The van der Waals surface area contributed by atoms with E-state index in [-0.39, 0.29) is 16.0 Å². The molecule has 0 saturated carbocycles. The second-order valence-corrected chi connectivity index (χ2v) is 8.07. The van der Waals surface area contributed by atoms with Crippen LogP contribution in [0.3, 0.4) is 0 Å². The molecular formula is C19H18N2O6S. The number of thiophene rings is 1. The minimum Gasteiger partial charge on any atom is -0.443 e. The Morgan fingerprint density at radius 3 is 2.11 bits per heavy atom. The first-order valence-electron chi connectivity index (χ1n) is 8.35. The zero-order valence-electron chi connectivity index (χ0n) is 15.7. The van der Waals surface area contributed by atoms with Crippen LogP contribution >= 0.6 is 11.3 Å². The van der Waals surface area contributed by atoms with E-state index in [2.05, 4.69) is 0 Å². The van der Waals surface area contributed by atoms with Gasteiger partial charge >= 0.3 is 12.1 Å². The maximum Gasteiger partial charge on any atom is 0.415 e.